The fraction of sp³-hybridized carbons (Fsp3) is 0.562. The van der Waals surface area contributed by atoms with Gasteiger partial charge in [-0.15, -0.1) is 0 Å². The van der Waals surface area contributed by atoms with Gasteiger partial charge in [-0.25, -0.2) is 9.78 Å². The Kier molecular flexibility index (Phi) is 7.75. The first-order chi connectivity index (χ1) is 10.8. The molecule has 23 heavy (non-hydrogen) atoms. The topological polar surface area (TPSA) is 72.2 Å². The number of nitrogens with zero attached hydrogens (tertiary/aromatic N) is 2. The monoisotopic (exact) mass is 352 g/mol. The molecular weight excluding hydrogens is 328 g/mol. The first-order valence-electron chi connectivity index (χ1n) is 7.57. The van der Waals surface area contributed by atoms with Crippen molar-refractivity contribution >= 4 is 27.1 Å². The largest absolute Gasteiger partial charge is 0.407 e. The molecule has 126 valence electrons. The van der Waals surface area contributed by atoms with Gasteiger partial charge in [-0.05, 0) is 30.6 Å². The van der Waals surface area contributed by atoms with Crippen molar-refractivity contribution < 1.29 is 13.4 Å². The second kappa shape index (κ2) is 9.06. The van der Waals surface area contributed by atoms with Crippen molar-refractivity contribution in [3.05, 3.63) is 24.4 Å². The van der Waals surface area contributed by atoms with Gasteiger partial charge < -0.3 is 8.61 Å². The third-order valence-electron chi connectivity index (χ3n) is 3.29. The van der Waals surface area contributed by atoms with E-state index in [9.17, 15) is 4.79 Å². The summed E-state index contributed by atoms with van der Waals surface area (Å²) in [5.41, 5.74) is -0.238. The second-order valence-corrected chi connectivity index (χ2v) is 9.72. The van der Waals surface area contributed by atoms with Crippen molar-refractivity contribution in [2.24, 2.45) is 11.3 Å². The number of hydrogen-bond acceptors (Lipinski definition) is 6. The van der Waals surface area contributed by atoms with Crippen molar-refractivity contribution in [3.63, 3.8) is 0 Å². The standard InChI is InChI=1S/C16H24N2O3SSi/c1-16(2,3)12(9-10-17)14(21-23(4)5)15(19)20-22-13-8-6-7-11-18-13/h6-8,11-12,14,23H,9H2,1-5H3/t12-,14?/m0/s1. The maximum absolute atomic E-state index is 12.5. The summed E-state index contributed by atoms with van der Waals surface area (Å²) in [6.07, 6.45) is 1.16. The average molecular weight is 353 g/mol. The van der Waals surface area contributed by atoms with Crippen LogP contribution in [0.3, 0.4) is 0 Å². The predicted octanol–water partition coefficient (Wildman–Crippen LogP) is 3.58. The lowest BCUT2D eigenvalue weighted by atomic mass is 9.75. The molecule has 0 aliphatic carbocycles. The van der Waals surface area contributed by atoms with Crippen molar-refractivity contribution in [2.75, 3.05) is 0 Å². The van der Waals surface area contributed by atoms with E-state index in [1.54, 1.807) is 18.3 Å². The Hall–Kier alpha value is -1.36. The maximum atomic E-state index is 12.5. The molecule has 0 saturated carbocycles. The van der Waals surface area contributed by atoms with Crippen LogP contribution in [-0.2, 0) is 13.4 Å². The molecule has 0 spiro atoms. The van der Waals surface area contributed by atoms with Gasteiger partial charge in [-0.2, -0.15) is 5.26 Å². The number of hydrogen-bond donors (Lipinski definition) is 0. The van der Waals surface area contributed by atoms with E-state index < -0.39 is 21.1 Å². The highest BCUT2D eigenvalue weighted by Crippen LogP contribution is 2.34. The number of pyridine rings is 1. The van der Waals surface area contributed by atoms with Crippen LogP contribution in [0, 0.1) is 22.7 Å². The lowest BCUT2D eigenvalue weighted by Gasteiger charge is -2.35. The summed E-state index contributed by atoms with van der Waals surface area (Å²) in [5.74, 6) is -0.670. The smallest absolute Gasteiger partial charge is 0.346 e. The minimum atomic E-state index is -1.47. The highest BCUT2D eigenvalue weighted by atomic mass is 32.2. The third-order valence-corrected chi connectivity index (χ3v) is 4.78. The van der Waals surface area contributed by atoms with Gasteiger partial charge >= 0.3 is 5.97 Å². The van der Waals surface area contributed by atoms with Crippen LogP contribution in [0.2, 0.25) is 13.1 Å². The Morgan fingerprint density at radius 3 is 2.61 bits per heavy atom. The van der Waals surface area contributed by atoms with Gasteiger partial charge in [0.1, 0.15) is 23.2 Å². The lowest BCUT2D eigenvalue weighted by Crippen LogP contribution is -2.42. The fourth-order valence-corrected chi connectivity index (χ4v) is 3.49. The highest BCUT2D eigenvalue weighted by Gasteiger charge is 2.39. The summed E-state index contributed by atoms with van der Waals surface area (Å²) >= 11 is 0.922. The summed E-state index contributed by atoms with van der Waals surface area (Å²) in [6, 6.07) is 7.55. The molecule has 1 unspecified atom stereocenters. The third kappa shape index (κ3) is 6.73. The molecule has 0 aromatic carbocycles. The van der Waals surface area contributed by atoms with Crippen LogP contribution in [0.25, 0.3) is 0 Å². The number of rotatable bonds is 7. The zero-order chi connectivity index (χ0) is 17.5. The number of carbonyl (C=O) groups is 1. The van der Waals surface area contributed by atoms with Gasteiger partial charge in [0.15, 0.2) is 9.04 Å². The van der Waals surface area contributed by atoms with E-state index in [2.05, 4.69) is 11.1 Å². The fourth-order valence-electron chi connectivity index (χ4n) is 2.10. The average Bonchev–Trinajstić information content (AvgIpc) is 2.48. The molecule has 5 nitrogen and oxygen atoms in total. The number of aromatic nitrogens is 1. The van der Waals surface area contributed by atoms with E-state index in [4.69, 9.17) is 13.9 Å². The van der Waals surface area contributed by atoms with E-state index in [-0.39, 0.29) is 17.8 Å². The summed E-state index contributed by atoms with van der Waals surface area (Å²) in [7, 11) is -1.47. The second-order valence-electron chi connectivity index (χ2n) is 6.59. The van der Waals surface area contributed by atoms with Crippen LogP contribution in [0.5, 0.6) is 0 Å². The molecule has 0 radical (unpaired) electrons. The molecule has 0 aliphatic heterocycles. The number of carbonyl (C=O) groups excluding carboxylic acids is 1. The van der Waals surface area contributed by atoms with E-state index in [0.717, 1.165) is 12.0 Å². The summed E-state index contributed by atoms with van der Waals surface area (Å²) in [5, 5.41) is 9.72. The Morgan fingerprint density at radius 2 is 2.13 bits per heavy atom. The highest BCUT2D eigenvalue weighted by molar-refractivity contribution is 7.95. The maximum Gasteiger partial charge on any atom is 0.346 e. The molecule has 1 heterocycles. The molecular formula is C16H24N2O3SSi. The summed E-state index contributed by atoms with van der Waals surface area (Å²) in [6.45, 7) is 10.0. The van der Waals surface area contributed by atoms with Gasteiger partial charge in [0.25, 0.3) is 0 Å². The normalized spacial score (nSPS) is 14.1. The molecule has 7 heteroatoms. The van der Waals surface area contributed by atoms with Crippen LogP contribution >= 0.6 is 12.0 Å². The zero-order valence-corrected chi connectivity index (χ0v) is 16.2. The molecule has 0 amide bonds. The van der Waals surface area contributed by atoms with Crippen LogP contribution in [-0.4, -0.2) is 26.1 Å². The van der Waals surface area contributed by atoms with Crippen molar-refractivity contribution in [3.8, 4) is 6.07 Å². The summed E-state index contributed by atoms with van der Waals surface area (Å²) in [4.78, 5) is 16.6. The summed E-state index contributed by atoms with van der Waals surface area (Å²) < 4.78 is 11.2. The van der Waals surface area contributed by atoms with Gasteiger partial charge in [0.2, 0.25) is 0 Å². The first-order valence-corrected chi connectivity index (χ1v) is 11.1. The predicted molar refractivity (Wildman–Crippen MR) is 93.1 cm³/mol. The van der Waals surface area contributed by atoms with Gasteiger partial charge in [0, 0.05) is 18.5 Å². The van der Waals surface area contributed by atoms with Crippen molar-refractivity contribution in [1.29, 1.82) is 5.26 Å². The van der Waals surface area contributed by atoms with Crippen LogP contribution in [0.1, 0.15) is 27.2 Å². The Morgan fingerprint density at radius 1 is 1.43 bits per heavy atom. The zero-order valence-electron chi connectivity index (χ0n) is 14.3. The Bertz CT molecular complexity index is 540. The molecule has 0 bridgehead atoms. The van der Waals surface area contributed by atoms with E-state index in [0.29, 0.717) is 5.03 Å². The molecule has 1 rings (SSSR count). The van der Waals surface area contributed by atoms with Crippen LogP contribution in [0.4, 0.5) is 0 Å². The number of nitriles is 1. The Labute approximate surface area is 144 Å². The Balaban J connectivity index is 2.86. The molecule has 0 N–H and O–H groups in total. The lowest BCUT2D eigenvalue weighted by molar-refractivity contribution is -0.146. The van der Waals surface area contributed by atoms with Crippen molar-refractivity contribution in [1.82, 2.24) is 4.98 Å². The minimum absolute atomic E-state index is 0.223. The first kappa shape index (κ1) is 19.7. The van der Waals surface area contributed by atoms with Gasteiger partial charge in [-0.3, -0.25) is 0 Å². The molecule has 1 aromatic rings. The van der Waals surface area contributed by atoms with E-state index in [1.165, 1.54) is 0 Å². The molecule has 2 atom stereocenters. The quantitative estimate of drug-likeness (QED) is 0.552. The van der Waals surface area contributed by atoms with Crippen LogP contribution < -0.4 is 0 Å². The van der Waals surface area contributed by atoms with Gasteiger partial charge in [0.05, 0.1) is 6.07 Å². The van der Waals surface area contributed by atoms with E-state index in [1.807, 2.05) is 39.9 Å². The van der Waals surface area contributed by atoms with Crippen LogP contribution in [0.15, 0.2) is 29.4 Å². The molecule has 0 aliphatic rings. The molecule has 0 fully saturated rings. The SMILES string of the molecule is C[SiH](C)OC(C(=O)OSc1ccccn1)[C@H](CC#N)C(C)(C)C. The van der Waals surface area contributed by atoms with Crippen molar-refractivity contribution in [2.45, 2.75) is 51.4 Å². The minimum Gasteiger partial charge on any atom is -0.407 e. The van der Waals surface area contributed by atoms with Gasteiger partial charge in [-0.1, -0.05) is 26.8 Å². The van der Waals surface area contributed by atoms with E-state index >= 15 is 0 Å². The molecule has 0 saturated heterocycles. The molecule has 1 aromatic heterocycles.